The smallest absolute Gasteiger partial charge is 0.223 e. The van der Waals surface area contributed by atoms with Crippen molar-refractivity contribution in [1.82, 2.24) is 0 Å². The molecule has 3 unspecified atom stereocenters. The van der Waals surface area contributed by atoms with Crippen LogP contribution in [0, 0.1) is 5.92 Å². The molecular weight excluding hydrogens is 276 g/mol. The van der Waals surface area contributed by atoms with Gasteiger partial charge < -0.3 is 0 Å². The second-order valence-corrected chi connectivity index (χ2v) is 7.13. The van der Waals surface area contributed by atoms with Gasteiger partial charge in [0.2, 0.25) is 6.04 Å². The number of amides is 3. The van der Waals surface area contributed by atoms with Gasteiger partial charge in [-0.2, -0.15) is 9.28 Å². The fourth-order valence-electron chi connectivity index (χ4n) is 3.20. The number of hydrogen-bond donors (Lipinski definition) is 0. The maximum absolute atomic E-state index is 12.8. The van der Waals surface area contributed by atoms with Gasteiger partial charge in [-0.3, -0.25) is 0 Å². The summed E-state index contributed by atoms with van der Waals surface area (Å²) in [5.41, 5.74) is 0. The van der Waals surface area contributed by atoms with Crippen molar-refractivity contribution in [1.29, 1.82) is 0 Å². The Bertz CT molecular complexity index is 384. The summed E-state index contributed by atoms with van der Waals surface area (Å²) in [6.45, 7) is 4.81. The van der Waals surface area contributed by atoms with Crippen LogP contribution in [0.3, 0.4) is 0 Å². The molecular formula is C15H29ClN2O2+2. The Labute approximate surface area is 127 Å². The average molecular weight is 305 g/mol. The second kappa shape index (κ2) is 6.54. The van der Waals surface area contributed by atoms with Crippen LogP contribution in [0.1, 0.15) is 39.5 Å². The Hall–Kier alpha value is -0.450. The van der Waals surface area contributed by atoms with Crippen molar-refractivity contribution in [3.05, 3.63) is 0 Å². The molecule has 1 saturated heterocycles. The van der Waals surface area contributed by atoms with Crippen LogP contribution in [0.15, 0.2) is 0 Å². The van der Waals surface area contributed by atoms with Gasteiger partial charge in [0.15, 0.2) is 0 Å². The van der Waals surface area contributed by atoms with E-state index in [1.165, 1.54) is 0 Å². The Morgan fingerprint density at radius 2 is 1.80 bits per heavy atom. The van der Waals surface area contributed by atoms with Gasteiger partial charge in [-0.15, -0.1) is 16.1 Å². The Balaban J connectivity index is 2.95. The molecule has 1 heterocycles. The molecule has 0 spiro atoms. The van der Waals surface area contributed by atoms with Gasteiger partial charge in [0.25, 0.3) is 0 Å². The molecule has 3 atom stereocenters. The molecule has 1 aliphatic rings. The summed E-state index contributed by atoms with van der Waals surface area (Å²) in [6, 6.07) is -0.203. The van der Waals surface area contributed by atoms with Crippen molar-refractivity contribution in [2.45, 2.75) is 45.6 Å². The van der Waals surface area contributed by atoms with Gasteiger partial charge in [-0.25, -0.2) is 4.79 Å². The van der Waals surface area contributed by atoms with Crippen LogP contribution in [-0.4, -0.2) is 60.5 Å². The Morgan fingerprint density at radius 1 is 1.20 bits per heavy atom. The van der Waals surface area contributed by atoms with Gasteiger partial charge >= 0.3 is 11.9 Å². The minimum atomic E-state index is -0.222. The number of imide groups is 1. The van der Waals surface area contributed by atoms with Crippen molar-refractivity contribution in [3.8, 4) is 0 Å². The number of unbranched alkanes of at least 4 members (excludes halogenated alkanes) is 1. The molecule has 0 N–H and O–H groups in total. The molecule has 0 aromatic carbocycles. The lowest BCUT2D eigenvalue weighted by molar-refractivity contribution is -0.878. The highest BCUT2D eigenvalue weighted by Crippen LogP contribution is 2.32. The first-order valence-corrected chi connectivity index (χ1v) is 8.09. The van der Waals surface area contributed by atoms with Gasteiger partial charge in [0, 0.05) is 18.2 Å². The Morgan fingerprint density at radius 3 is 2.30 bits per heavy atom. The van der Waals surface area contributed by atoms with Gasteiger partial charge in [-0.1, -0.05) is 13.8 Å². The Kier molecular flexibility index (Phi) is 5.76. The van der Waals surface area contributed by atoms with Crippen molar-refractivity contribution in [2.24, 2.45) is 5.92 Å². The predicted molar refractivity (Wildman–Crippen MR) is 81.4 cm³/mol. The maximum Gasteiger partial charge on any atom is 0.522 e. The van der Waals surface area contributed by atoms with Crippen LogP contribution in [-0.2, 0) is 4.79 Å². The maximum atomic E-state index is 12.8. The molecule has 3 amide bonds. The van der Waals surface area contributed by atoms with E-state index in [0.29, 0.717) is 18.3 Å². The zero-order chi connectivity index (χ0) is 15.6. The van der Waals surface area contributed by atoms with Gasteiger partial charge in [-0.05, 0) is 19.3 Å². The number of alkyl halides is 1. The molecule has 1 fully saturated rings. The van der Waals surface area contributed by atoms with Crippen LogP contribution in [0.25, 0.3) is 0 Å². The molecule has 0 bridgehead atoms. The van der Waals surface area contributed by atoms with E-state index in [1.54, 1.807) is 7.05 Å². The quantitative estimate of drug-likeness (QED) is 0.314. The van der Waals surface area contributed by atoms with E-state index in [-0.39, 0.29) is 26.9 Å². The minimum absolute atomic E-state index is 0.0196. The van der Waals surface area contributed by atoms with E-state index < -0.39 is 0 Å². The van der Waals surface area contributed by atoms with Crippen molar-refractivity contribution >= 4 is 23.5 Å². The molecule has 0 aromatic rings. The van der Waals surface area contributed by atoms with Crippen LogP contribution in [0.5, 0.6) is 0 Å². The molecule has 1 rings (SSSR count). The molecule has 0 saturated carbocycles. The minimum Gasteiger partial charge on any atom is -0.223 e. The van der Waals surface area contributed by atoms with Crippen LogP contribution < -0.4 is 0 Å². The number of likely N-dealkylation sites (N-methyl/N-ethyl adjacent to an activating group) is 2. The van der Waals surface area contributed by atoms with Crippen LogP contribution >= 0.6 is 11.6 Å². The summed E-state index contributed by atoms with van der Waals surface area (Å²) in [4.78, 5) is 25.6. The molecule has 20 heavy (non-hydrogen) atoms. The lowest BCUT2D eigenvalue weighted by Gasteiger charge is -2.25. The topological polar surface area (TPSA) is 34.1 Å². The van der Waals surface area contributed by atoms with Crippen LogP contribution in [0.2, 0.25) is 0 Å². The van der Waals surface area contributed by atoms with E-state index >= 15 is 0 Å². The average Bonchev–Trinajstić information content (AvgIpc) is 2.51. The van der Waals surface area contributed by atoms with Crippen molar-refractivity contribution in [3.63, 3.8) is 0 Å². The largest absolute Gasteiger partial charge is 0.522 e. The molecule has 1 aliphatic heterocycles. The monoisotopic (exact) mass is 304 g/mol. The summed E-state index contributed by atoms with van der Waals surface area (Å²) < 4.78 is 0.127. The summed E-state index contributed by atoms with van der Waals surface area (Å²) in [6.07, 6.45) is 3.53. The standard InChI is InChI=1S/C15H29ClN2O2/c1-6-12(2)11-18(5)14(19)13(9-7-8-10-16)17(3,4)15(18)20/h12-13H,6-11H2,1-5H3/q+2. The van der Waals surface area contributed by atoms with E-state index in [4.69, 9.17) is 11.6 Å². The van der Waals surface area contributed by atoms with E-state index in [0.717, 1.165) is 25.7 Å². The highest BCUT2D eigenvalue weighted by molar-refractivity contribution is 6.17. The first-order chi connectivity index (χ1) is 9.21. The number of hydrogen-bond acceptors (Lipinski definition) is 2. The fraction of sp³-hybridized carbons (Fsp3) is 0.867. The molecule has 0 aliphatic carbocycles. The normalized spacial score (nSPS) is 30.8. The first kappa shape index (κ1) is 17.6. The summed E-state index contributed by atoms with van der Waals surface area (Å²) >= 11 is 5.71. The number of nitrogens with zero attached hydrogens (tertiary/aromatic N) is 2. The van der Waals surface area contributed by atoms with Crippen molar-refractivity contribution < 1.29 is 18.6 Å². The fourth-order valence-corrected chi connectivity index (χ4v) is 3.39. The molecule has 116 valence electrons. The molecule has 0 radical (unpaired) electrons. The number of rotatable bonds is 7. The third-order valence-electron chi connectivity index (χ3n) is 4.70. The van der Waals surface area contributed by atoms with Crippen LogP contribution in [0.4, 0.5) is 4.79 Å². The SMILES string of the molecule is CCC(C)C[N+]1(C)C(=O)C(CCCCCl)[N+](C)(C)C1=O. The summed E-state index contributed by atoms with van der Waals surface area (Å²) in [5, 5.41) is 0. The number of quaternary nitrogens is 2. The number of carbonyl (C=O) groups is 2. The zero-order valence-corrected chi connectivity index (χ0v) is 14.2. The second-order valence-electron chi connectivity index (χ2n) is 6.75. The third-order valence-corrected chi connectivity index (χ3v) is 4.97. The third kappa shape index (κ3) is 3.07. The summed E-state index contributed by atoms with van der Waals surface area (Å²) in [7, 11) is 5.52. The zero-order valence-electron chi connectivity index (χ0n) is 13.5. The highest BCUT2D eigenvalue weighted by atomic mass is 35.5. The first-order valence-electron chi connectivity index (χ1n) is 7.56. The van der Waals surface area contributed by atoms with E-state index in [2.05, 4.69) is 13.8 Å². The summed E-state index contributed by atoms with van der Waals surface area (Å²) in [5.74, 6) is 1.06. The number of carbonyl (C=O) groups excluding carboxylic acids is 2. The van der Waals surface area contributed by atoms with Gasteiger partial charge in [0.1, 0.15) is 6.54 Å². The van der Waals surface area contributed by atoms with E-state index in [1.807, 2.05) is 14.1 Å². The number of urea groups is 1. The van der Waals surface area contributed by atoms with Crippen molar-refractivity contribution in [2.75, 3.05) is 33.6 Å². The lowest BCUT2D eigenvalue weighted by Crippen LogP contribution is -2.55. The molecule has 0 aromatic heterocycles. The molecule has 4 nitrogen and oxygen atoms in total. The number of halogens is 1. The molecule has 5 heteroatoms. The predicted octanol–water partition coefficient (Wildman–Crippen LogP) is 2.99. The van der Waals surface area contributed by atoms with Gasteiger partial charge in [0.05, 0.1) is 21.1 Å². The highest BCUT2D eigenvalue weighted by Gasteiger charge is 2.66. The van der Waals surface area contributed by atoms with E-state index in [9.17, 15) is 9.59 Å². The lowest BCUT2D eigenvalue weighted by atomic mass is 10.1.